The van der Waals surface area contributed by atoms with Crippen molar-refractivity contribution in [2.45, 2.75) is 24.8 Å². The minimum absolute atomic E-state index is 0.0951. The minimum Gasteiger partial charge on any atom is -0.361 e. The van der Waals surface area contributed by atoms with Gasteiger partial charge < -0.3 is 10.7 Å². The van der Waals surface area contributed by atoms with E-state index in [1.165, 1.54) is 17.4 Å². The first-order valence-corrected chi connectivity index (χ1v) is 6.05. The monoisotopic (exact) mass is 264 g/mol. The molecule has 0 bridgehead atoms. The molecule has 1 aromatic carbocycles. The molecule has 2 nitrogen and oxygen atoms in total. The van der Waals surface area contributed by atoms with E-state index in [0.29, 0.717) is 0 Å². The number of benzene rings is 1. The van der Waals surface area contributed by atoms with Crippen LogP contribution in [0, 0.1) is 0 Å². The maximum absolute atomic E-state index is 6.36. The molecule has 0 unspecified atom stereocenters. The Hall–Kier alpha value is -0.800. The molecule has 1 aliphatic rings. The average Bonchev–Trinajstić information content (AvgIpc) is 2.60. The van der Waals surface area contributed by atoms with Crippen molar-refractivity contribution in [3.05, 3.63) is 34.4 Å². The number of aromatic nitrogens is 1. The van der Waals surface area contributed by atoms with Gasteiger partial charge in [0.2, 0.25) is 0 Å². The summed E-state index contributed by atoms with van der Waals surface area (Å²) >= 11 is 3.60. The lowest BCUT2D eigenvalue weighted by Gasteiger charge is -2.38. The molecule has 1 aromatic heterocycles. The van der Waals surface area contributed by atoms with Crippen LogP contribution in [0.5, 0.6) is 0 Å². The first-order valence-electron chi connectivity index (χ1n) is 5.26. The Kier molecular flexibility index (Phi) is 1.94. The van der Waals surface area contributed by atoms with Crippen LogP contribution in [0.2, 0.25) is 0 Å². The molecule has 3 N–H and O–H groups in total. The highest BCUT2D eigenvalue weighted by atomic mass is 79.9. The second kappa shape index (κ2) is 3.09. The van der Waals surface area contributed by atoms with Gasteiger partial charge in [-0.3, -0.25) is 0 Å². The smallest absolute Gasteiger partial charge is 0.0468 e. The van der Waals surface area contributed by atoms with Gasteiger partial charge in [0.25, 0.3) is 0 Å². The Bertz CT molecular complexity index is 511. The molecule has 1 heterocycles. The third-order valence-electron chi connectivity index (χ3n) is 3.44. The Morgan fingerprint density at radius 2 is 2.13 bits per heavy atom. The summed E-state index contributed by atoms with van der Waals surface area (Å²) < 4.78 is 1.13. The standard InChI is InChI=1S/C12H13BrN2/c13-9-3-1-4-10-11(9)8(7-15-10)12(14)5-2-6-12/h1,3-4,7,15H,2,5-6,14H2. The van der Waals surface area contributed by atoms with Crippen LogP contribution in [0.25, 0.3) is 10.9 Å². The number of hydrogen-bond donors (Lipinski definition) is 2. The third-order valence-corrected chi connectivity index (χ3v) is 4.10. The highest BCUT2D eigenvalue weighted by Crippen LogP contribution is 2.43. The van der Waals surface area contributed by atoms with Gasteiger partial charge in [-0.2, -0.15) is 0 Å². The van der Waals surface area contributed by atoms with Gasteiger partial charge in [-0.25, -0.2) is 0 Å². The molecule has 1 saturated carbocycles. The Labute approximate surface area is 97.0 Å². The Morgan fingerprint density at radius 3 is 2.80 bits per heavy atom. The fourth-order valence-corrected chi connectivity index (χ4v) is 2.94. The van der Waals surface area contributed by atoms with Crippen molar-refractivity contribution < 1.29 is 0 Å². The summed E-state index contributed by atoms with van der Waals surface area (Å²) in [5.74, 6) is 0. The number of fused-ring (bicyclic) bond motifs is 1. The molecular weight excluding hydrogens is 252 g/mol. The number of aromatic amines is 1. The van der Waals surface area contributed by atoms with E-state index >= 15 is 0 Å². The van der Waals surface area contributed by atoms with Gasteiger partial charge in [0, 0.05) is 27.1 Å². The summed E-state index contributed by atoms with van der Waals surface area (Å²) in [7, 11) is 0. The van der Waals surface area contributed by atoms with Gasteiger partial charge >= 0.3 is 0 Å². The van der Waals surface area contributed by atoms with E-state index in [4.69, 9.17) is 5.73 Å². The van der Waals surface area contributed by atoms with Crippen molar-refractivity contribution in [1.82, 2.24) is 4.98 Å². The van der Waals surface area contributed by atoms with Crippen molar-refractivity contribution in [2.75, 3.05) is 0 Å². The average molecular weight is 265 g/mol. The van der Waals surface area contributed by atoms with Gasteiger partial charge in [0.05, 0.1) is 0 Å². The minimum atomic E-state index is -0.0951. The second-order valence-corrected chi connectivity index (χ2v) is 5.23. The van der Waals surface area contributed by atoms with Crippen molar-refractivity contribution in [3.8, 4) is 0 Å². The Morgan fingerprint density at radius 1 is 1.33 bits per heavy atom. The zero-order valence-corrected chi connectivity index (χ0v) is 9.97. The SMILES string of the molecule is NC1(c2c[nH]c3cccc(Br)c23)CCC1. The van der Waals surface area contributed by atoms with Crippen molar-refractivity contribution in [3.63, 3.8) is 0 Å². The molecule has 15 heavy (non-hydrogen) atoms. The van der Waals surface area contributed by atoms with Crippen LogP contribution in [0.3, 0.4) is 0 Å². The maximum Gasteiger partial charge on any atom is 0.0468 e. The molecule has 78 valence electrons. The second-order valence-electron chi connectivity index (χ2n) is 4.37. The zero-order chi connectivity index (χ0) is 10.5. The van der Waals surface area contributed by atoms with Crippen molar-refractivity contribution in [1.29, 1.82) is 0 Å². The molecule has 1 fully saturated rings. The van der Waals surface area contributed by atoms with E-state index in [1.54, 1.807) is 0 Å². The van der Waals surface area contributed by atoms with E-state index in [9.17, 15) is 0 Å². The summed E-state index contributed by atoms with van der Waals surface area (Å²) in [4.78, 5) is 3.29. The molecule has 3 heteroatoms. The number of nitrogens with one attached hydrogen (secondary N) is 1. The number of rotatable bonds is 1. The first-order chi connectivity index (χ1) is 7.21. The predicted octanol–water partition coefficient (Wildman–Crippen LogP) is 3.27. The summed E-state index contributed by atoms with van der Waals surface area (Å²) in [6.07, 6.45) is 5.50. The van der Waals surface area contributed by atoms with Crippen molar-refractivity contribution >= 4 is 26.8 Å². The van der Waals surface area contributed by atoms with Crippen molar-refractivity contribution in [2.24, 2.45) is 5.73 Å². The van der Waals surface area contributed by atoms with Gasteiger partial charge in [0.15, 0.2) is 0 Å². The van der Waals surface area contributed by atoms with E-state index in [0.717, 1.165) is 22.8 Å². The first kappa shape index (κ1) is 9.43. The summed E-state index contributed by atoms with van der Waals surface area (Å²) in [5.41, 5.74) is 8.69. The fraction of sp³-hybridized carbons (Fsp3) is 0.333. The molecule has 0 aliphatic heterocycles. The molecule has 1 aliphatic carbocycles. The van der Waals surface area contributed by atoms with Crippen LogP contribution < -0.4 is 5.73 Å². The lowest BCUT2D eigenvalue weighted by Crippen LogP contribution is -2.43. The number of H-pyrrole nitrogens is 1. The van der Waals surface area contributed by atoms with Crippen LogP contribution >= 0.6 is 15.9 Å². The van der Waals surface area contributed by atoms with Crippen LogP contribution in [-0.4, -0.2) is 4.98 Å². The normalized spacial score (nSPS) is 19.1. The largest absolute Gasteiger partial charge is 0.361 e. The molecule has 0 amide bonds. The lowest BCUT2D eigenvalue weighted by atomic mass is 9.73. The maximum atomic E-state index is 6.36. The van der Waals surface area contributed by atoms with E-state index in [-0.39, 0.29) is 5.54 Å². The zero-order valence-electron chi connectivity index (χ0n) is 8.39. The van der Waals surface area contributed by atoms with Gasteiger partial charge in [0.1, 0.15) is 0 Å². The molecular formula is C12H13BrN2. The lowest BCUT2D eigenvalue weighted by molar-refractivity contribution is 0.256. The van der Waals surface area contributed by atoms with Gasteiger partial charge in [-0.05, 0) is 37.0 Å². The predicted molar refractivity (Wildman–Crippen MR) is 65.7 cm³/mol. The number of hydrogen-bond acceptors (Lipinski definition) is 1. The van der Waals surface area contributed by atoms with Gasteiger partial charge in [-0.1, -0.05) is 22.0 Å². The van der Waals surface area contributed by atoms with Crippen LogP contribution in [0.15, 0.2) is 28.9 Å². The molecule has 2 aromatic rings. The highest BCUT2D eigenvalue weighted by Gasteiger charge is 2.36. The summed E-state index contributed by atoms with van der Waals surface area (Å²) in [5, 5.41) is 1.25. The summed E-state index contributed by atoms with van der Waals surface area (Å²) in [6, 6.07) is 6.20. The van der Waals surface area contributed by atoms with Crippen LogP contribution in [0.1, 0.15) is 24.8 Å². The Balaban J connectivity index is 2.27. The molecule has 0 radical (unpaired) electrons. The van der Waals surface area contributed by atoms with E-state index in [2.05, 4.69) is 39.2 Å². The number of halogens is 1. The molecule has 3 rings (SSSR count). The van der Waals surface area contributed by atoms with Crippen LogP contribution in [0.4, 0.5) is 0 Å². The van der Waals surface area contributed by atoms with Crippen LogP contribution in [-0.2, 0) is 5.54 Å². The summed E-state index contributed by atoms with van der Waals surface area (Å²) in [6.45, 7) is 0. The number of nitrogens with two attached hydrogens (primary N) is 1. The molecule has 0 saturated heterocycles. The topological polar surface area (TPSA) is 41.8 Å². The third kappa shape index (κ3) is 1.26. The fourth-order valence-electron chi connectivity index (χ4n) is 2.36. The molecule has 0 atom stereocenters. The van der Waals surface area contributed by atoms with E-state index < -0.39 is 0 Å². The highest BCUT2D eigenvalue weighted by molar-refractivity contribution is 9.10. The van der Waals surface area contributed by atoms with E-state index in [1.807, 2.05) is 6.07 Å². The quantitative estimate of drug-likeness (QED) is 0.816. The van der Waals surface area contributed by atoms with Gasteiger partial charge in [-0.15, -0.1) is 0 Å². The molecule has 0 spiro atoms.